The van der Waals surface area contributed by atoms with Crippen molar-refractivity contribution in [3.63, 3.8) is 0 Å². The molecule has 0 saturated heterocycles. The first kappa shape index (κ1) is 10.8. The maximum Gasteiger partial charge on any atom is 0.134 e. The van der Waals surface area contributed by atoms with E-state index >= 15 is 0 Å². The second kappa shape index (κ2) is 4.44. The Bertz CT molecular complexity index is 584. The molecule has 2 aromatic rings. The molecule has 0 radical (unpaired) electrons. The van der Waals surface area contributed by atoms with Crippen molar-refractivity contribution in [1.29, 1.82) is 5.26 Å². The molecule has 16 heavy (non-hydrogen) atoms. The monoisotopic (exact) mass is 230 g/mol. The predicted molar refractivity (Wildman–Crippen MR) is 61.2 cm³/mol. The van der Waals surface area contributed by atoms with E-state index < -0.39 is 16.3 Å². The van der Waals surface area contributed by atoms with E-state index in [1.807, 2.05) is 30.3 Å². The van der Waals surface area contributed by atoms with Gasteiger partial charge in [0.1, 0.15) is 5.25 Å². The van der Waals surface area contributed by atoms with Crippen LogP contribution in [-0.4, -0.2) is 8.76 Å². The molecule has 0 heterocycles. The molecule has 4 heteroatoms. The van der Waals surface area contributed by atoms with Gasteiger partial charge in [-0.15, -0.1) is 0 Å². The lowest BCUT2D eigenvalue weighted by Crippen LogP contribution is -2.03. The summed E-state index contributed by atoms with van der Waals surface area (Å²) in [7, 11) is 0. The first-order valence-electron chi connectivity index (χ1n) is 4.69. The highest BCUT2D eigenvalue weighted by Crippen LogP contribution is 2.26. The number of nitriles is 1. The van der Waals surface area contributed by atoms with Crippen molar-refractivity contribution >= 4 is 21.9 Å². The maximum absolute atomic E-state index is 11.0. The van der Waals surface area contributed by atoms with Gasteiger partial charge in [0.05, 0.1) is 6.07 Å². The zero-order valence-electron chi connectivity index (χ0n) is 8.29. The van der Waals surface area contributed by atoms with Gasteiger partial charge in [-0.2, -0.15) is 5.26 Å². The summed E-state index contributed by atoms with van der Waals surface area (Å²) in [6.07, 6.45) is 0. The van der Waals surface area contributed by atoms with E-state index in [2.05, 4.69) is 0 Å². The number of hydrogen-bond acceptors (Lipinski definition) is 3. The van der Waals surface area contributed by atoms with Crippen molar-refractivity contribution in [2.75, 3.05) is 0 Å². The third-order valence-corrected chi connectivity index (χ3v) is 3.16. The first-order valence-corrected chi connectivity index (χ1v) is 5.83. The highest BCUT2D eigenvalue weighted by atomic mass is 32.2. The molecule has 2 aromatic carbocycles. The van der Waals surface area contributed by atoms with E-state index in [4.69, 9.17) is 5.26 Å². The molecule has 0 aliphatic heterocycles. The number of fused-ring (bicyclic) bond motifs is 1. The maximum atomic E-state index is 11.0. The lowest BCUT2D eigenvalue weighted by atomic mass is 10.0. The average molecular weight is 230 g/mol. The Morgan fingerprint density at radius 1 is 1.19 bits per heavy atom. The third kappa shape index (κ3) is 1.83. The lowest BCUT2D eigenvalue weighted by Gasteiger charge is -2.14. The van der Waals surface area contributed by atoms with Gasteiger partial charge in [-0.05, 0) is 27.4 Å². The standard InChI is InChI=1S/C12H9NO2S/c13-8-12(16(14)15)11-7-3-5-9-4-1-2-6-10(9)11/h1-7,12H,(H,14,15)/p-1. The third-order valence-electron chi connectivity index (χ3n) is 2.42. The van der Waals surface area contributed by atoms with Crippen LogP contribution >= 0.6 is 0 Å². The molecule has 2 unspecified atom stereocenters. The molecule has 3 nitrogen and oxygen atoms in total. The van der Waals surface area contributed by atoms with E-state index in [0.29, 0.717) is 5.56 Å². The molecule has 80 valence electrons. The van der Waals surface area contributed by atoms with Gasteiger partial charge in [0.25, 0.3) is 0 Å². The van der Waals surface area contributed by atoms with Crippen LogP contribution in [0.4, 0.5) is 0 Å². The fourth-order valence-electron chi connectivity index (χ4n) is 1.70. The summed E-state index contributed by atoms with van der Waals surface area (Å²) in [6.45, 7) is 0. The van der Waals surface area contributed by atoms with Crippen molar-refractivity contribution < 1.29 is 8.76 Å². The molecular weight excluding hydrogens is 222 g/mol. The lowest BCUT2D eigenvalue weighted by molar-refractivity contribution is 0.532. The Kier molecular flexibility index (Phi) is 3.00. The number of rotatable bonds is 2. The number of hydrogen-bond donors (Lipinski definition) is 0. The summed E-state index contributed by atoms with van der Waals surface area (Å²) >= 11 is -2.42. The van der Waals surface area contributed by atoms with Gasteiger partial charge in [0.15, 0.2) is 0 Å². The van der Waals surface area contributed by atoms with Crippen molar-refractivity contribution in [2.24, 2.45) is 0 Å². The van der Waals surface area contributed by atoms with E-state index in [9.17, 15) is 8.76 Å². The zero-order chi connectivity index (χ0) is 11.5. The van der Waals surface area contributed by atoms with Gasteiger partial charge in [-0.25, -0.2) is 0 Å². The van der Waals surface area contributed by atoms with Crippen molar-refractivity contribution in [1.82, 2.24) is 0 Å². The molecule has 2 atom stereocenters. The molecule has 0 N–H and O–H groups in total. The highest BCUT2D eigenvalue weighted by Gasteiger charge is 2.13. The van der Waals surface area contributed by atoms with Gasteiger partial charge in [0.2, 0.25) is 0 Å². The smallest absolute Gasteiger partial charge is 0.134 e. The van der Waals surface area contributed by atoms with Gasteiger partial charge in [-0.3, -0.25) is 4.21 Å². The largest absolute Gasteiger partial charge is 0.771 e. The Morgan fingerprint density at radius 3 is 2.56 bits per heavy atom. The molecular formula is C12H8NO2S-. The topological polar surface area (TPSA) is 63.9 Å². The van der Waals surface area contributed by atoms with Crippen LogP contribution in [0.15, 0.2) is 42.5 Å². The normalized spacial score (nSPS) is 14.2. The van der Waals surface area contributed by atoms with Gasteiger partial charge in [-0.1, -0.05) is 42.5 Å². The Labute approximate surface area is 95.6 Å². The molecule has 0 fully saturated rings. The highest BCUT2D eigenvalue weighted by molar-refractivity contribution is 7.79. The molecule has 0 aliphatic carbocycles. The van der Waals surface area contributed by atoms with Crippen LogP contribution in [0, 0.1) is 11.3 Å². The van der Waals surface area contributed by atoms with E-state index in [1.54, 1.807) is 18.2 Å². The molecule has 0 aromatic heterocycles. The second-order valence-electron chi connectivity index (χ2n) is 3.34. The number of nitrogens with zero attached hydrogens (tertiary/aromatic N) is 1. The van der Waals surface area contributed by atoms with Gasteiger partial charge < -0.3 is 4.55 Å². The van der Waals surface area contributed by atoms with Crippen LogP contribution in [0.3, 0.4) is 0 Å². The van der Waals surface area contributed by atoms with Crippen LogP contribution in [0.5, 0.6) is 0 Å². The molecule has 0 aliphatic rings. The van der Waals surface area contributed by atoms with Crippen LogP contribution in [0.1, 0.15) is 10.8 Å². The van der Waals surface area contributed by atoms with E-state index in [-0.39, 0.29) is 0 Å². The minimum absolute atomic E-state index is 0.536. The minimum Gasteiger partial charge on any atom is -0.771 e. The van der Waals surface area contributed by atoms with Gasteiger partial charge in [0, 0.05) is 0 Å². The first-order chi connectivity index (χ1) is 7.74. The molecule has 0 amide bonds. The minimum atomic E-state index is -2.42. The summed E-state index contributed by atoms with van der Waals surface area (Å²) < 4.78 is 21.9. The van der Waals surface area contributed by atoms with Crippen LogP contribution < -0.4 is 0 Å². The summed E-state index contributed by atoms with van der Waals surface area (Å²) in [5.41, 5.74) is 0.536. The average Bonchev–Trinajstić information content (AvgIpc) is 2.30. The predicted octanol–water partition coefficient (Wildman–Crippen LogP) is 2.28. The van der Waals surface area contributed by atoms with Crippen molar-refractivity contribution in [2.45, 2.75) is 5.25 Å². The second-order valence-corrected chi connectivity index (χ2v) is 4.33. The summed E-state index contributed by atoms with van der Waals surface area (Å²) in [5.74, 6) is 0. The van der Waals surface area contributed by atoms with Crippen LogP contribution in [0.2, 0.25) is 0 Å². The quantitative estimate of drug-likeness (QED) is 0.743. The summed E-state index contributed by atoms with van der Waals surface area (Å²) in [6, 6.07) is 14.5. The van der Waals surface area contributed by atoms with E-state index in [1.165, 1.54) is 0 Å². The number of benzene rings is 2. The molecule has 0 saturated carbocycles. The van der Waals surface area contributed by atoms with Crippen LogP contribution in [0.25, 0.3) is 10.8 Å². The molecule has 2 rings (SSSR count). The van der Waals surface area contributed by atoms with Gasteiger partial charge >= 0.3 is 0 Å². The fraction of sp³-hybridized carbons (Fsp3) is 0.0833. The zero-order valence-corrected chi connectivity index (χ0v) is 9.11. The summed E-state index contributed by atoms with van der Waals surface area (Å²) in [5, 5.41) is 9.50. The molecule has 0 bridgehead atoms. The summed E-state index contributed by atoms with van der Waals surface area (Å²) in [4.78, 5) is 0. The van der Waals surface area contributed by atoms with Crippen molar-refractivity contribution in [3.8, 4) is 6.07 Å². The van der Waals surface area contributed by atoms with Crippen molar-refractivity contribution in [3.05, 3.63) is 48.0 Å². The SMILES string of the molecule is N#CC(c1cccc2ccccc12)S(=O)[O-]. The van der Waals surface area contributed by atoms with Crippen LogP contribution in [-0.2, 0) is 11.1 Å². The Hall–Kier alpha value is -1.70. The van der Waals surface area contributed by atoms with E-state index in [0.717, 1.165) is 10.8 Å². The Balaban J connectivity index is 2.69. The fourth-order valence-corrected chi connectivity index (χ4v) is 2.19. The molecule has 0 spiro atoms. The Morgan fingerprint density at radius 2 is 1.88 bits per heavy atom.